The van der Waals surface area contributed by atoms with Crippen LogP contribution in [0.2, 0.25) is 0 Å². The SMILES string of the molecule is CC(C)COC1CCN(CC(O)c2ccc(OC(F)F)cc2)C1. The van der Waals surface area contributed by atoms with Crippen LogP contribution >= 0.6 is 0 Å². The van der Waals surface area contributed by atoms with Gasteiger partial charge in [-0.2, -0.15) is 8.78 Å². The van der Waals surface area contributed by atoms with E-state index in [9.17, 15) is 13.9 Å². The van der Waals surface area contributed by atoms with Gasteiger partial charge in [0.05, 0.1) is 12.2 Å². The largest absolute Gasteiger partial charge is 0.435 e. The van der Waals surface area contributed by atoms with Crippen molar-refractivity contribution < 1.29 is 23.4 Å². The first kappa shape index (κ1) is 18.1. The number of aliphatic hydroxyl groups excluding tert-OH is 1. The Morgan fingerprint density at radius 2 is 1.96 bits per heavy atom. The molecule has 0 aromatic heterocycles. The van der Waals surface area contributed by atoms with Crippen LogP contribution in [0.5, 0.6) is 5.75 Å². The van der Waals surface area contributed by atoms with Crippen LogP contribution in [0, 0.1) is 5.92 Å². The third-order valence-electron chi connectivity index (χ3n) is 3.82. The molecule has 0 radical (unpaired) electrons. The van der Waals surface area contributed by atoms with E-state index in [4.69, 9.17) is 4.74 Å². The van der Waals surface area contributed by atoms with Crippen molar-refractivity contribution in [3.05, 3.63) is 29.8 Å². The van der Waals surface area contributed by atoms with Crippen molar-refractivity contribution in [2.75, 3.05) is 26.2 Å². The highest BCUT2D eigenvalue weighted by molar-refractivity contribution is 5.28. The lowest BCUT2D eigenvalue weighted by Gasteiger charge is -2.21. The molecule has 1 aromatic carbocycles. The van der Waals surface area contributed by atoms with Crippen molar-refractivity contribution in [2.24, 2.45) is 5.92 Å². The van der Waals surface area contributed by atoms with E-state index in [0.717, 1.165) is 26.1 Å². The fourth-order valence-corrected chi connectivity index (χ4v) is 2.65. The number of hydrogen-bond acceptors (Lipinski definition) is 4. The van der Waals surface area contributed by atoms with Crippen LogP contribution in [0.1, 0.15) is 31.9 Å². The molecule has 2 atom stereocenters. The summed E-state index contributed by atoms with van der Waals surface area (Å²) in [5.41, 5.74) is 0.693. The second-order valence-corrected chi connectivity index (χ2v) is 6.36. The molecule has 0 spiro atoms. The van der Waals surface area contributed by atoms with Gasteiger partial charge >= 0.3 is 6.61 Å². The number of nitrogens with zero attached hydrogens (tertiary/aromatic N) is 1. The number of ether oxygens (including phenoxy) is 2. The second-order valence-electron chi connectivity index (χ2n) is 6.36. The summed E-state index contributed by atoms with van der Waals surface area (Å²) in [5.74, 6) is 0.614. The van der Waals surface area contributed by atoms with Gasteiger partial charge in [0.1, 0.15) is 5.75 Å². The molecule has 1 saturated heterocycles. The summed E-state index contributed by atoms with van der Waals surface area (Å²) in [5, 5.41) is 10.3. The van der Waals surface area contributed by atoms with Crippen LogP contribution in [0.4, 0.5) is 8.78 Å². The van der Waals surface area contributed by atoms with Gasteiger partial charge in [0.25, 0.3) is 0 Å². The van der Waals surface area contributed by atoms with Gasteiger partial charge in [0, 0.05) is 26.2 Å². The number of benzene rings is 1. The molecule has 1 N–H and O–H groups in total. The van der Waals surface area contributed by atoms with E-state index in [1.54, 1.807) is 12.1 Å². The normalized spacial score (nSPS) is 20.4. The zero-order valence-corrected chi connectivity index (χ0v) is 13.6. The van der Waals surface area contributed by atoms with Crippen molar-refractivity contribution in [1.29, 1.82) is 0 Å². The van der Waals surface area contributed by atoms with Crippen LogP contribution in [0.25, 0.3) is 0 Å². The summed E-state index contributed by atoms with van der Waals surface area (Å²) in [4.78, 5) is 2.17. The lowest BCUT2D eigenvalue weighted by Crippen LogP contribution is -2.28. The number of alkyl halides is 2. The van der Waals surface area contributed by atoms with Crippen molar-refractivity contribution in [3.63, 3.8) is 0 Å². The molecule has 1 aliphatic rings. The molecule has 1 aromatic rings. The molecular formula is C17H25F2NO3. The smallest absolute Gasteiger partial charge is 0.387 e. The summed E-state index contributed by atoms with van der Waals surface area (Å²) in [6, 6.07) is 6.13. The molecule has 1 aliphatic heterocycles. The van der Waals surface area contributed by atoms with E-state index >= 15 is 0 Å². The Morgan fingerprint density at radius 1 is 1.26 bits per heavy atom. The average molecular weight is 329 g/mol. The predicted octanol–water partition coefficient (Wildman–Crippen LogP) is 3.07. The minimum atomic E-state index is -2.84. The Balaban J connectivity index is 1.79. The maximum atomic E-state index is 12.1. The van der Waals surface area contributed by atoms with Crippen LogP contribution in [-0.2, 0) is 4.74 Å². The highest BCUT2D eigenvalue weighted by Crippen LogP contribution is 2.22. The van der Waals surface area contributed by atoms with Crippen LogP contribution in [-0.4, -0.2) is 49.0 Å². The third kappa shape index (κ3) is 6.05. The quantitative estimate of drug-likeness (QED) is 0.796. The Labute approximate surface area is 136 Å². The maximum Gasteiger partial charge on any atom is 0.387 e. The zero-order valence-electron chi connectivity index (χ0n) is 13.6. The topological polar surface area (TPSA) is 41.9 Å². The standard InChI is InChI=1S/C17H25F2NO3/c1-12(2)11-22-15-7-8-20(9-15)10-16(21)13-3-5-14(6-4-13)23-17(18)19/h3-6,12,15-17,21H,7-11H2,1-2H3. The Bertz CT molecular complexity index is 467. The Hall–Kier alpha value is -1.24. The predicted molar refractivity (Wildman–Crippen MR) is 83.7 cm³/mol. The molecule has 0 aliphatic carbocycles. The van der Waals surface area contributed by atoms with Gasteiger partial charge in [-0.15, -0.1) is 0 Å². The first-order valence-electron chi connectivity index (χ1n) is 8.01. The Kier molecular flexibility index (Phi) is 6.74. The van der Waals surface area contributed by atoms with Gasteiger partial charge < -0.3 is 14.6 Å². The fourth-order valence-electron chi connectivity index (χ4n) is 2.65. The van der Waals surface area contributed by atoms with Crippen LogP contribution in [0.15, 0.2) is 24.3 Å². The monoisotopic (exact) mass is 329 g/mol. The highest BCUT2D eigenvalue weighted by atomic mass is 19.3. The summed E-state index contributed by atoms with van der Waals surface area (Å²) in [6.45, 7) is 4.39. The van der Waals surface area contributed by atoms with Gasteiger partial charge in [0.2, 0.25) is 0 Å². The maximum absolute atomic E-state index is 12.1. The third-order valence-corrected chi connectivity index (χ3v) is 3.82. The number of halogens is 2. The zero-order chi connectivity index (χ0) is 16.8. The lowest BCUT2D eigenvalue weighted by molar-refractivity contribution is -0.0498. The lowest BCUT2D eigenvalue weighted by atomic mass is 10.1. The molecule has 4 nitrogen and oxygen atoms in total. The molecule has 0 saturated carbocycles. The van der Waals surface area contributed by atoms with E-state index in [-0.39, 0.29) is 11.9 Å². The van der Waals surface area contributed by atoms with Crippen molar-refractivity contribution in [1.82, 2.24) is 4.90 Å². The van der Waals surface area contributed by atoms with Crippen molar-refractivity contribution in [2.45, 2.75) is 39.1 Å². The van der Waals surface area contributed by atoms with Crippen molar-refractivity contribution >= 4 is 0 Å². The van der Waals surface area contributed by atoms with E-state index in [1.807, 2.05) is 0 Å². The molecular weight excluding hydrogens is 304 g/mol. The number of hydrogen-bond donors (Lipinski definition) is 1. The van der Waals surface area contributed by atoms with E-state index in [2.05, 4.69) is 23.5 Å². The highest BCUT2D eigenvalue weighted by Gasteiger charge is 2.25. The van der Waals surface area contributed by atoms with Crippen LogP contribution < -0.4 is 4.74 Å². The van der Waals surface area contributed by atoms with Gasteiger partial charge in [-0.05, 0) is 30.0 Å². The Morgan fingerprint density at radius 3 is 2.57 bits per heavy atom. The van der Waals surface area contributed by atoms with Gasteiger partial charge in [-0.25, -0.2) is 0 Å². The van der Waals surface area contributed by atoms with E-state index in [0.29, 0.717) is 18.0 Å². The van der Waals surface area contributed by atoms with Gasteiger partial charge in [-0.1, -0.05) is 26.0 Å². The summed E-state index contributed by atoms with van der Waals surface area (Å²) < 4.78 is 34.3. The first-order valence-corrected chi connectivity index (χ1v) is 8.01. The second kappa shape index (κ2) is 8.57. The molecule has 130 valence electrons. The molecule has 0 amide bonds. The first-order chi connectivity index (χ1) is 10.9. The van der Waals surface area contributed by atoms with Crippen LogP contribution in [0.3, 0.4) is 0 Å². The van der Waals surface area contributed by atoms with Gasteiger partial charge in [0.15, 0.2) is 0 Å². The van der Waals surface area contributed by atoms with Gasteiger partial charge in [-0.3, -0.25) is 4.90 Å². The molecule has 23 heavy (non-hydrogen) atoms. The number of rotatable bonds is 8. The molecule has 1 heterocycles. The average Bonchev–Trinajstić information content (AvgIpc) is 2.92. The summed E-state index contributed by atoms with van der Waals surface area (Å²) in [6.07, 6.45) is 0.548. The van der Waals surface area contributed by atoms with E-state index < -0.39 is 12.7 Å². The molecule has 2 unspecified atom stereocenters. The number of aliphatic hydroxyl groups is 1. The molecule has 6 heteroatoms. The number of likely N-dealkylation sites (tertiary alicyclic amines) is 1. The minimum Gasteiger partial charge on any atom is -0.435 e. The minimum absolute atomic E-state index is 0.0965. The molecule has 0 bridgehead atoms. The molecule has 1 fully saturated rings. The van der Waals surface area contributed by atoms with Crippen molar-refractivity contribution in [3.8, 4) is 5.75 Å². The van der Waals surface area contributed by atoms with E-state index in [1.165, 1.54) is 12.1 Å². The summed E-state index contributed by atoms with van der Waals surface area (Å²) >= 11 is 0. The number of β-amino-alcohol motifs (C(OH)–C–C–N with tert-alkyl or cyclic N) is 1. The molecule has 2 rings (SSSR count). The summed E-state index contributed by atoms with van der Waals surface area (Å²) in [7, 11) is 0. The fraction of sp³-hybridized carbons (Fsp3) is 0.647.